The Morgan fingerprint density at radius 2 is 1.04 bits per heavy atom. The maximum absolute atomic E-state index is 2.67. The number of hydrogen-bond donors (Lipinski definition) is 0. The smallest absolute Gasteiger partial charge is 0.0110 e. The summed E-state index contributed by atoms with van der Waals surface area (Å²) in [7, 11) is 2.23. The number of likely N-dealkylation sites (tertiary alicyclic amines) is 1. The van der Waals surface area contributed by atoms with E-state index in [0.29, 0.717) is 0 Å². The molecule has 0 amide bonds. The van der Waals surface area contributed by atoms with Crippen LogP contribution in [0.3, 0.4) is 0 Å². The molecule has 0 aliphatic carbocycles. The number of hydrogen-bond acceptors (Lipinski definition) is 3. The van der Waals surface area contributed by atoms with Crippen LogP contribution in [0, 0.1) is 5.92 Å². The molecule has 0 N–H and O–H groups in total. The molecule has 0 unspecified atom stereocenters. The standard InChI is InChI=1S/C13H27N3.4C2H6/c1-3-15-6-4-13(5-7-15)12-16-10-8-14(2)9-11-16;4*1-2/h13H,3-12H2,1-2H3;4*1-2H3. The summed E-state index contributed by atoms with van der Waals surface area (Å²) in [4.78, 5) is 7.70. The van der Waals surface area contributed by atoms with Gasteiger partial charge < -0.3 is 14.7 Å². The minimum absolute atomic E-state index is 0.964. The lowest BCUT2D eigenvalue weighted by atomic mass is 9.96. The Hall–Kier alpha value is -0.120. The van der Waals surface area contributed by atoms with Gasteiger partial charge in [-0.25, -0.2) is 0 Å². The molecule has 2 aliphatic rings. The van der Waals surface area contributed by atoms with Crippen LogP contribution in [0.4, 0.5) is 0 Å². The van der Waals surface area contributed by atoms with Gasteiger partial charge in [0.25, 0.3) is 0 Å². The molecule has 0 bridgehead atoms. The summed E-state index contributed by atoms with van der Waals surface area (Å²) < 4.78 is 0. The zero-order valence-corrected chi connectivity index (χ0v) is 19.0. The molecule has 0 aromatic heterocycles. The van der Waals surface area contributed by atoms with Gasteiger partial charge in [-0.1, -0.05) is 62.3 Å². The fraction of sp³-hybridized carbons (Fsp3) is 1.00. The molecule has 2 fully saturated rings. The van der Waals surface area contributed by atoms with Gasteiger partial charge in [0.2, 0.25) is 0 Å². The number of piperazine rings is 1. The fourth-order valence-electron chi connectivity index (χ4n) is 2.88. The van der Waals surface area contributed by atoms with E-state index in [0.717, 1.165) is 5.92 Å². The van der Waals surface area contributed by atoms with Crippen LogP contribution in [0.1, 0.15) is 75.2 Å². The summed E-state index contributed by atoms with van der Waals surface area (Å²) in [5, 5.41) is 0. The Bertz CT molecular complexity index is 193. The summed E-state index contributed by atoms with van der Waals surface area (Å²) in [6.07, 6.45) is 2.83. The molecule has 2 rings (SSSR count). The van der Waals surface area contributed by atoms with Gasteiger partial charge in [-0.2, -0.15) is 0 Å². The molecule has 2 saturated heterocycles. The lowest BCUT2D eigenvalue weighted by molar-refractivity contribution is 0.107. The van der Waals surface area contributed by atoms with E-state index >= 15 is 0 Å². The minimum Gasteiger partial charge on any atom is -0.304 e. The lowest BCUT2D eigenvalue weighted by Gasteiger charge is -2.37. The number of piperidine rings is 1. The van der Waals surface area contributed by atoms with E-state index in [2.05, 4.69) is 28.7 Å². The summed E-state index contributed by atoms with van der Waals surface area (Å²) in [6, 6.07) is 0. The fourth-order valence-corrected chi connectivity index (χ4v) is 2.88. The largest absolute Gasteiger partial charge is 0.304 e. The van der Waals surface area contributed by atoms with Crippen molar-refractivity contribution in [1.82, 2.24) is 14.7 Å². The highest BCUT2D eigenvalue weighted by Gasteiger charge is 2.22. The maximum Gasteiger partial charge on any atom is 0.0110 e. The Balaban J connectivity index is -0.000000484. The van der Waals surface area contributed by atoms with Crippen molar-refractivity contribution in [3.63, 3.8) is 0 Å². The van der Waals surface area contributed by atoms with Crippen molar-refractivity contribution in [2.75, 3.05) is 59.4 Å². The van der Waals surface area contributed by atoms with Crippen LogP contribution < -0.4 is 0 Å². The van der Waals surface area contributed by atoms with Crippen LogP contribution in [0.15, 0.2) is 0 Å². The third-order valence-corrected chi connectivity index (χ3v) is 4.27. The molecule has 0 atom stereocenters. The van der Waals surface area contributed by atoms with Crippen LogP contribution in [0.25, 0.3) is 0 Å². The number of rotatable bonds is 3. The van der Waals surface area contributed by atoms with Crippen LogP contribution in [-0.2, 0) is 0 Å². The van der Waals surface area contributed by atoms with Gasteiger partial charge in [-0.3, -0.25) is 0 Å². The van der Waals surface area contributed by atoms with Gasteiger partial charge >= 0.3 is 0 Å². The predicted octanol–water partition coefficient (Wildman–Crippen LogP) is 5.07. The second kappa shape index (κ2) is 22.9. The van der Waals surface area contributed by atoms with Crippen LogP contribution >= 0.6 is 0 Å². The molecule has 150 valence electrons. The molecule has 0 aromatic carbocycles. The Morgan fingerprint density at radius 1 is 0.625 bits per heavy atom. The first-order chi connectivity index (χ1) is 11.8. The van der Waals surface area contributed by atoms with E-state index in [1.54, 1.807) is 0 Å². The Morgan fingerprint density at radius 3 is 1.42 bits per heavy atom. The number of likely N-dealkylation sites (N-methyl/N-ethyl adjacent to an activating group) is 1. The van der Waals surface area contributed by atoms with Crippen LogP contribution in [0.2, 0.25) is 0 Å². The van der Waals surface area contributed by atoms with Crippen molar-refractivity contribution >= 4 is 0 Å². The molecule has 2 heterocycles. The van der Waals surface area contributed by atoms with E-state index in [4.69, 9.17) is 0 Å². The van der Waals surface area contributed by atoms with E-state index in [1.165, 1.54) is 65.2 Å². The molecule has 3 nitrogen and oxygen atoms in total. The van der Waals surface area contributed by atoms with Gasteiger partial charge in [0, 0.05) is 32.7 Å². The highest BCUT2D eigenvalue weighted by Crippen LogP contribution is 2.18. The van der Waals surface area contributed by atoms with Crippen molar-refractivity contribution in [2.24, 2.45) is 5.92 Å². The maximum atomic E-state index is 2.67. The molecular formula is C21H51N3. The topological polar surface area (TPSA) is 9.72 Å². The first kappa shape index (κ1) is 28.7. The zero-order valence-electron chi connectivity index (χ0n) is 19.0. The monoisotopic (exact) mass is 345 g/mol. The molecular weight excluding hydrogens is 294 g/mol. The molecule has 3 heteroatoms. The summed E-state index contributed by atoms with van der Waals surface area (Å²) in [6.45, 7) is 28.6. The molecule has 0 aromatic rings. The number of nitrogens with zero attached hydrogens (tertiary/aromatic N) is 3. The van der Waals surface area contributed by atoms with Crippen molar-refractivity contribution < 1.29 is 0 Å². The first-order valence-corrected chi connectivity index (χ1v) is 10.9. The van der Waals surface area contributed by atoms with E-state index in [1.807, 2.05) is 55.4 Å². The van der Waals surface area contributed by atoms with Gasteiger partial charge in [0.05, 0.1) is 0 Å². The Labute approximate surface area is 155 Å². The SMILES string of the molecule is CC.CC.CC.CC.CCN1CCC(CN2CCN(C)CC2)CC1. The van der Waals surface area contributed by atoms with Crippen molar-refractivity contribution in [2.45, 2.75) is 75.2 Å². The first-order valence-electron chi connectivity index (χ1n) is 10.9. The second-order valence-corrected chi connectivity index (χ2v) is 5.48. The zero-order chi connectivity index (χ0) is 19.4. The summed E-state index contributed by atoms with van der Waals surface area (Å²) in [5.74, 6) is 0.964. The van der Waals surface area contributed by atoms with Gasteiger partial charge in [0.1, 0.15) is 0 Å². The highest BCUT2D eigenvalue weighted by atomic mass is 15.2. The predicted molar refractivity (Wildman–Crippen MR) is 114 cm³/mol. The molecule has 2 aliphatic heterocycles. The highest BCUT2D eigenvalue weighted by molar-refractivity contribution is 4.77. The van der Waals surface area contributed by atoms with E-state index in [9.17, 15) is 0 Å². The quantitative estimate of drug-likeness (QED) is 0.707. The lowest BCUT2D eigenvalue weighted by Crippen LogP contribution is -2.47. The van der Waals surface area contributed by atoms with Gasteiger partial charge in [-0.15, -0.1) is 0 Å². The Kier molecular flexibility index (Phi) is 27.3. The average Bonchev–Trinajstić information content (AvgIpc) is 2.70. The summed E-state index contributed by atoms with van der Waals surface area (Å²) in [5.41, 5.74) is 0. The van der Waals surface area contributed by atoms with Crippen molar-refractivity contribution in [3.8, 4) is 0 Å². The molecule has 24 heavy (non-hydrogen) atoms. The normalized spacial score (nSPS) is 19.2. The molecule has 0 spiro atoms. The third kappa shape index (κ3) is 14.2. The minimum atomic E-state index is 0.964. The van der Waals surface area contributed by atoms with E-state index in [-0.39, 0.29) is 0 Å². The summed E-state index contributed by atoms with van der Waals surface area (Å²) >= 11 is 0. The molecule has 0 saturated carbocycles. The van der Waals surface area contributed by atoms with Gasteiger partial charge in [-0.05, 0) is 45.4 Å². The van der Waals surface area contributed by atoms with Crippen LogP contribution in [0.5, 0.6) is 0 Å². The third-order valence-electron chi connectivity index (χ3n) is 4.27. The van der Waals surface area contributed by atoms with Gasteiger partial charge in [0.15, 0.2) is 0 Å². The van der Waals surface area contributed by atoms with Crippen molar-refractivity contribution in [1.29, 1.82) is 0 Å². The average molecular weight is 346 g/mol. The van der Waals surface area contributed by atoms with Crippen molar-refractivity contribution in [3.05, 3.63) is 0 Å². The molecule has 0 radical (unpaired) electrons. The van der Waals surface area contributed by atoms with E-state index < -0.39 is 0 Å². The van der Waals surface area contributed by atoms with Crippen LogP contribution in [-0.4, -0.2) is 74.1 Å². The second-order valence-electron chi connectivity index (χ2n) is 5.48.